The van der Waals surface area contributed by atoms with Crippen LogP contribution >= 0.6 is 0 Å². The zero-order valence-corrected chi connectivity index (χ0v) is 16.9. The predicted molar refractivity (Wildman–Crippen MR) is 106 cm³/mol. The van der Waals surface area contributed by atoms with Gasteiger partial charge in [-0.05, 0) is 57.1 Å². The van der Waals surface area contributed by atoms with Crippen LogP contribution in [0.5, 0.6) is 0 Å². The molecule has 0 aliphatic heterocycles. The van der Waals surface area contributed by atoms with Crippen LogP contribution in [0.4, 0.5) is 0 Å². The first-order valence-corrected chi connectivity index (χ1v) is 10.2. The second-order valence-corrected chi connectivity index (χ2v) is 7.89. The third-order valence-corrected chi connectivity index (χ3v) is 5.57. The summed E-state index contributed by atoms with van der Waals surface area (Å²) in [5, 5.41) is 0. The van der Waals surface area contributed by atoms with Crippen LogP contribution in [0.3, 0.4) is 0 Å². The quantitative estimate of drug-likeness (QED) is 0.258. The van der Waals surface area contributed by atoms with Gasteiger partial charge < -0.3 is 4.74 Å². The summed E-state index contributed by atoms with van der Waals surface area (Å²) in [5.74, 6) is -0.864. The molecule has 0 N–H and O–H groups in total. The summed E-state index contributed by atoms with van der Waals surface area (Å²) >= 11 is 0. The first-order chi connectivity index (χ1) is 12.5. The molecule has 3 nitrogen and oxygen atoms in total. The molecule has 1 aliphatic carbocycles. The molecule has 0 radical (unpaired) electrons. The lowest BCUT2D eigenvalue weighted by molar-refractivity contribution is -0.148. The van der Waals surface area contributed by atoms with Gasteiger partial charge >= 0.3 is 5.97 Å². The van der Waals surface area contributed by atoms with Crippen molar-refractivity contribution in [3.05, 3.63) is 34.4 Å². The molecule has 144 valence electrons. The highest BCUT2D eigenvalue weighted by atomic mass is 16.5. The van der Waals surface area contributed by atoms with Gasteiger partial charge in [0.1, 0.15) is 5.92 Å². The van der Waals surface area contributed by atoms with E-state index in [9.17, 15) is 9.59 Å². The predicted octanol–water partition coefficient (Wildman–Crippen LogP) is 5.72. The first-order valence-electron chi connectivity index (χ1n) is 10.2. The minimum atomic E-state index is -0.642. The molecule has 0 spiro atoms. The number of carbonyl (C=O) groups is 2. The van der Waals surface area contributed by atoms with E-state index in [0.717, 1.165) is 67.2 Å². The van der Waals surface area contributed by atoms with E-state index in [1.807, 2.05) is 32.9 Å². The number of hydrogen-bond donors (Lipinski definition) is 0. The number of unbranched alkanes of at least 4 members (excludes halogenated alkanes) is 2. The number of carbonyl (C=O) groups excluding carboxylic acids is 2. The summed E-state index contributed by atoms with van der Waals surface area (Å²) in [6.07, 6.45) is 8.30. The molecule has 1 aromatic rings. The molecule has 0 aromatic heterocycles. The summed E-state index contributed by atoms with van der Waals surface area (Å²) < 4.78 is 5.55. The van der Waals surface area contributed by atoms with Crippen molar-refractivity contribution >= 4 is 11.8 Å². The number of ether oxygens (including phenoxy) is 1. The highest BCUT2D eigenvalue weighted by Crippen LogP contribution is 2.34. The normalized spacial score (nSPS) is 16.3. The maximum absolute atomic E-state index is 13.4. The molecule has 2 rings (SSSR count). The maximum Gasteiger partial charge on any atom is 0.317 e. The standard InChI is InChI=1S/C23H34O3/c1-5-6-10-13-26-23(25)21(19-11-8-7-9-12-19)22(24)20-17(3)14-16(2)15-18(20)4/h14-15,19,21H,5-13H2,1-4H3. The zero-order chi connectivity index (χ0) is 19.1. The van der Waals surface area contributed by atoms with Crippen LogP contribution in [0.1, 0.15) is 85.3 Å². The Kier molecular flexibility index (Phi) is 7.86. The Hall–Kier alpha value is -1.64. The summed E-state index contributed by atoms with van der Waals surface area (Å²) in [4.78, 5) is 26.3. The van der Waals surface area contributed by atoms with Crippen molar-refractivity contribution in [2.24, 2.45) is 11.8 Å². The molecule has 1 atom stereocenters. The SMILES string of the molecule is CCCCCOC(=O)C(C(=O)c1c(C)cc(C)cc1C)C1CCCCC1. The fraction of sp³-hybridized carbons (Fsp3) is 0.652. The molecule has 1 aromatic carbocycles. The van der Waals surface area contributed by atoms with Crippen molar-refractivity contribution in [1.29, 1.82) is 0 Å². The average molecular weight is 359 g/mol. The average Bonchev–Trinajstić information content (AvgIpc) is 2.59. The Balaban J connectivity index is 2.25. The lowest BCUT2D eigenvalue weighted by Gasteiger charge is -2.28. The van der Waals surface area contributed by atoms with Crippen molar-refractivity contribution in [2.45, 2.75) is 79.1 Å². The first kappa shape index (κ1) is 20.7. The summed E-state index contributed by atoms with van der Waals surface area (Å²) in [6, 6.07) is 4.06. The third-order valence-electron chi connectivity index (χ3n) is 5.57. The van der Waals surface area contributed by atoms with Crippen LogP contribution in [-0.4, -0.2) is 18.4 Å². The smallest absolute Gasteiger partial charge is 0.317 e. The molecule has 1 fully saturated rings. The highest BCUT2D eigenvalue weighted by molar-refractivity contribution is 6.10. The largest absolute Gasteiger partial charge is 0.465 e. The topological polar surface area (TPSA) is 43.4 Å². The molecule has 1 unspecified atom stereocenters. The zero-order valence-electron chi connectivity index (χ0n) is 16.9. The van der Waals surface area contributed by atoms with Crippen molar-refractivity contribution in [1.82, 2.24) is 0 Å². The second-order valence-electron chi connectivity index (χ2n) is 7.89. The van der Waals surface area contributed by atoms with Gasteiger partial charge in [0.05, 0.1) is 6.61 Å². The van der Waals surface area contributed by atoms with Gasteiger partial charge in [0.2, 0.25) is 0 Å². The van der Waals surface area contributed by atoms with Crippen molar-refractivity contribution in [2.75, 3.05) is 6.61 Å². The van der Waals surface area contributed by atoms with E-state index in [-0.39, 0.29) is 17.7 Å². The third kappa shape index (κ3) is 5.18. The molecule has 1 aliphatic rings. The molecule has 3 heteroatoms. The van der Waals surface area contributed by atoms with Crippen LogP contribution < -0.4 is 0 Å². The van der Waals surface area contributed by atoms with Gasteiger partial charge in [0.15, 0.2) is 5.78 Å². The molecule has 0 bridgehead atoms. The minimum absolute atomic E-state index is 0.0348. The van der Waals surface area contributed by atoms with Gasteiger partial charge in [0.25, 0.3) is 0 Å². The van der Waals surface area contributed by atoms with E-state index < -0.39 is 5.92 Å². The molecule has 26 heavy (non-hydrogen) atoms. The van der Waals surface area contributed by atoms with Gasteiger partial charge in [-0.3, -0.25) is 9.59 Å². The molecule has 0 heterocycles. The van der Waals surface area contributed by atoms with Gasteiger partial charge in [-0.2, -0.15) is 0 Å². The Morgan fingerprint density at radius 1 is 1.04 bits per heavy atom. The summed E-state index contributed by atoms with van der Waals surface area (Å²) in [6.45, 7) is 8.53. The number of esters is 1. The van der Waals surface area contributed by atoms with E-state index in [0.29, 0.717) is 6.61 Å². The number of benzene rings is 1. The molecule has 1 saturated carbocycles. The van der Waals surface area contributed by atoms with Crippen molar-refractivity contribution in [3.8, 4) is 0 Å². The van der Waals surface area contributed by atoms with E-state index >= 15 is 0 Å². The fourth-order valence-corrected chi connectivity index (χ4v) is 4.32. The second kappa shape index (κ2) is 9.89. The maximum atomic E-state index is 13.4. The number of ketones is 1. The van der Waals surface area contributed by atoms with Gasteiger partial charge in [-0.15, -0.1) is 0 Å². The number of Topliss-reactive ketones (excluding diaryl/α,β-unsaturated/α-hetero) is 1. The number of rotatable bonds is 8. The van der Waals surface area contributed by atoms with Crippen molar-refractivity contribution < 1.29 is 14.3 Å². The minimum Gasteiger partial charge on any atom is -0.465 e. The molecule has 0 amide bonds. The summed E-state index contributed by atoms with van der Waals surface area (Å²) in [5.41, 5.74) is 3.80. The number of aryl methyl sites for hydroxylation is 3. The monoisotopic (exact) mass is 358 g/mol. The molecular weight excluding hydrogens is 324 g/mol. The van der Waals surface area contributed by atoms with Crippen molar-refractivity contribution in [3.63, 3.8) is 0 Å². The van der Waals surface area contributed by atoms with Crippen LogP contribution in [-0.2, 0) is 9.53 Å². The Bertz CT molecular complexity index is 603. The Morgan fingerprint density at radius 2 is 1.65 bits per heavy atom. The van der Waals surface area contributed by atoms with E-state index in [2.05, 4.69) is 6.92 Å². The highest BCUT2D eigenvalue weighted by Gasteiger charge is 2.38. The fourth-order valence-electron chi connectivity index (χ4n) is 4.32. The van der Waals surface area contributed by atoms with E-state index in [1.54, 1.807) is 0 Å². The number of hydrogen-bond acceptors (Lipinski definition) is 3. The van der Waals surface area contributed by atoms with Crippen LogP contribution in [0.25, 0.3) is 0 Å². The summed E-state index contributed by atoms with van der Waals surface area (Å²) in [7, 11) is 0. The lowest BCUT2D eigenvalue weighted by atomic mass is 9.75. The van der Waals surface area contributed by atoms with Crippen LogP contribution in [0.15, 0.2) is 12.1 Å². The van der Waals surface area contributed by atoms with E-state index in [4.69, 9.17) is 4.74 Å². The van der Waals surface area contributed by atoms with Gasteiger partial charge in [0, 0.05) is 5.56 Å². The lowest BCUT2D eigenvalue weighted by Crippen LogP contribution is -2.35. The van der Waals surface area contributed by atoms with Gasteiger partial charge in [-0.25, -0.2) is 0 Å². The molecular formula is C23H34O3. The Morgan fingerprint density at radius 3 is 2.23 bits per heavy atom. The van der Waals surface area contributed by atoms with E-state index in [1.165, 1.54) is 6.42 Å². The van der Waals surface area contributed by atoms with Crippen LogP contribution in [0, 0.1) is 32.6 Å². The van der Waals surface area contributed by atoms with Gasteiger partial charge in [-0.1, -0.05) is 56.7 Å². The van der Waals surface area contributed by atoms with Crippen LogP contribution in [0.2, 0.25) is 0 Å². The molecule has 0 saturated heterocycles. The Labute approximate surface area is 158 Å².